The number of ether oxygens (including phenoxy) is 1. The number of nitrogens with one attached hydrogen (secondary N) is 2. The van der Waals surface area contributed by atoms with Gasteiger partial charge < -0.3 is 14.6 Å². The van der Waals surface area contributed by atoms with Crippen molar-refractivity contribution in [1.29, 1.82) is 0 Å². The number of urea groups is 1. The van der Waals surface area contributed by atoms with Crippen molar-refractivity contribution in [2.75, 3.05) is 6.61 Å². The fourth-order valence-electron chi connectivity index (χ4n) is 5.36. The normalized spacial score (nSPS) is 31.5. The minimum absolute atomic E-state index is 0.0756. The summed E-state index contributed by atoms with van der Waals surface area (Å²) in [5.74, 6) is 0.558. The Morgan fingerprint density at radius 3 is 2.35 bits per heavy atom. The van der Waals surface area contributed by atoms with E-state index in [4.69, 9.17) is 9.26 Å². The summed E-state index contributed by atoms with van der Waals surface area (Å²) >= 11 is 0. The molecular formula is C18H23N3O5. The highest BCUT2D eigenvalue weighted by molar-refractivity contribution is 5.96. The highest BCUT2D eigenvalue weighted by Crippen LogP contribution is 2.55. The van der Waals surface area contributed by atoms with Crippen LogP contribution in [0.25, 0.3) is 0 Å². The summed E-state index contributed by atoms with van der Waals surface area (Å²) in [6.45, 7) is 1.12. The molecule has 0 radical (unpaired) electrons. The Morgan fingerprint density at radius 2 is 1.81 bits per heavy atom. The Kier molecular flexibility index (Phi) is 4.20. The van der Waals surface area contributed by atoms with Gasteiger partial charge in [0.25, 0.3) is 5.91 Å². The van der Waals surface area contributed by atoms with Crippen molar-refractivity contribution in [2.24, 2.45) is 17.8 Å². The van der Waals surface area contributed by atoms with Gasteiger partial charge in [-0.25, -0.2) is 9.59 Å². The maximum Gasteiger partial charge on any atom is 0.377 e. The van der Waals surface area contributed by atoms with Crippen LogP contribution < -0.4 is 10.6 Å². The molecule has 2 N–H and O–H groups in total. The number of hydrogen-bond donors (Lipinski definition) is 2. The summed E-state index contributed by atoms with van der Waals surface area (Å²) in [6.07, 6.45) is 6.83. The lowest BCUT2D eigenvalue weighted by Gasteiger charge is -2.56. The zero-order valence-electron chi connectivity index (χ0n) is 14.7. The molecule has 0 unspecified atom stereocenters. The van der Waals surface area contributed by atoms with Crippen molar-refractivity contribution in [3.8, 4) is 0 Å². The Bertz CT molecular complexity index is 706. The topological polar surface area (TPSA) is 111 Å². The summed E-state index contributed by atoms with van der Waals surface area (Å²) in [4.78, 5) is 35.8. The second-order valence-electron chi connectivity index (χ2n) is 8.11. The van der Waals surface area contributed by atoms with Gasteiger partial charge in [0, 0.05) is 11.6 Å². The number of aromatic nitrogens is 1. The number of carbonyl (C=O) groups excluding carboxylic acids is 3. The molecule has 8 heteroatoms. The summed E-state index contributed by atoms with van der Waals surface area (Å²) in [6, 6.07) is 0.906. The lowest BCUT2D eigenvalue weighted by atomic mass is 9.53. The summed E-state index contributed by atoms with van der Waals surface area (Å²) in [7, 11) is 0. The first-order chi connectivity index (χ1) is 12.4. The molecule has 0 spiro atoms. The van der Waals surface area contributed by atoms with Crippen LogP contribution in [0.4, 0.5) is 4.79 Å². The standard InChI is InChI=1S/C18H23N3O5/c1-10-2-14(26-21-10)16(23)25-9-15(22)19-17(24)20-18-6-11-3-12(7-18)5-13(4-11)8-18/h2,11-13H,3-9H2,1H3,(H2,19,20,22,24). The minimum atomic E-state index is -0.790. The maximum atomic E-state index is 12.2. The minimum Gasteiger partial charge on any atom is -0.450 e. The monoisotopic (exact) mass is 361 g/mol. The largest absolute Gasteiger partial charge is 0.450 e. The van der Waals surface area contributed by atoms with E-state index in [2.05, 4.69) is 15.8 Å². The van der Waals surface area contributed by atoms with Crippen LogP contribution in [0.2, 0.25) is 0 Å². The van der Waals surface area contributed by atoms with Crippen LogP contribution in [-0.4, -0.2) is 35.2 Å². The number of amides is 3. The van der Waals surface area contributed by atoms with Gasteiger partial charge in [0.15, 0.2) is 6.61 Å². The third-order valence-corrected chi connectivity index (χ3v) is 5.83. The quantitative estimate of drug-likeness (QED) is 0.793. The number of rotatable bonds is 4. The molecule has 4 saturated carbocycles. The van der Waals surface area contributed by atoms with Crippen LogP contribution in [0.1, 0.15) is 54.8 Å². The highest BCUT2D eigenvalue weighted by Gasteiger charge is 2.51. The van der Waals surface area contributed by atoms with E-state index in [1.54, 1.807) is 6.92 Å². The average Bonchev–Trinajstić information content (AvgIpc) is 2.97. The van der Waals surface area contributed by atoms with E-state index in [1.807, 2.05) is 0 Å². The molecule has 8 nitrogen and oxygen atoms in total. The highest BCUT2D eigenvalue weighted by atomic mass is 16.6. The second kappa shape index (κ2) is 6.41. The molecule has 5 rings (SSSR count). The van der Waals surface area contributed by atoms with Gasteiger partial charge in [-0.15, -0.1) is 0 Å². The number of nitrogens with zero attached hydrogens (tertiary/aromatic N) is 1. The van der Waals surface area contributed by atoms with E-state index in [-0.39, 0.29) is 11.3 Å². The molecule has 0 atom stereocenters. The van der Waals surface area contributed by atoms with Crippen LogP contribution >= 0.6 is 0 Å². The van der Waals surface area contributed by atoms with Gasteiger partial charge in [0.2, 0.25) is 5.76 Å². The van der Waals surface area contributed by atoms with Crippen LogP contribution in [0, 0.1) is 24.7 Å². The molecule has 26 heavy (non-hydrogen) atoms. The van der Waals surface area contributed by atoms with Gasteiger partial charge >= 0.3 is 12.0 Å². The molecule has 1 aromatic rings. The van der Waals surface area contributed by atoms with Gasteiger partial charge in [-0.1, -0.05) is 5.16 Å². The number of carbonyl (C=O) groups is 3. The Labute approximate surface area is 151 Å². The van der Waals surface area contributed by atoms with E-state index >= 15 is 0 Å². The molecule has 0 aromatic carbocycles. The molecule has 0 aliphatic heterocycles. The number of hydrogen-bond acceptors (Lipinski definition) is 6. The smallest absolute Gasteiger partial charge is 0.377 e. The van der Waals surface area contributed by atoms with Gasteiger partial charge in [0.05, 0.1) is 5.69 Å². The van der Waals surface area contributed by atoms with Crippen molar-refractivity contribution in [3.05, 3.63) is 17.5 Å². The van der Waals surface area contributed by atoms with Gasteiger partial charge in [-0.05, 0) is 63.2 Å². The lowest BCUT2D eigenvalue weighted by Crippen LogP contribution is -2.62. The average molecular weight is 361 g/mol. The summed E-state index contributed by atoms with van der Waals surface area (Å²) < 4.78 is 9.60. The van der Waals surface area contributed by atoms with Gasteiger partial charge in [-0.3, -0.25) is 10.1 Å². The van der Waals surface area contributed by atoms with Gasteiger partial charge in [0.1, 0.15) is 0 Å². The first-order valence-electron chi connectivity index (χ1n) is 9.13. The molecule has 4 bridgehead atoms. The van der Waals surface area contributed by atoms with Gasteiger partial charge in [-0.2, -0.15) is 0 Å². The number of imide groups is 1. The van der Waals surface area contributed by atoms with Crippen LogP contribution in [0.5, 0.6) is 0 Å². The first-order valence-corrected chi connectivity index (χ1v) is 9.13. The fourth-order valence-corrected chi connectivity index (χ4v) is 5.36. The Balaban J connectivity index is 1.26. The molecule has 1 heterocycles. The number of esters is 1. The first kappa shape index (κ1) is 17.1. The SMILES string of the molecule is Cc1cc(C(=O)OCC(=O)NC(=O)NC23CC4CC(CC(C4)C2)C3)on1. The predicted molar refractivity (Wildman–Crippen MR) is 89.1 cm³/mol. The second-order valence-corrected chi connectivity index (χ2v) is 8.11. The van der Waals surface area contributed by atoms with E-state index in [0.717, 1.165) is 19.3 Å². The third kappa shape index (κ3) is 3.45. The zero-order valence-corrected chi connectivity index (χ0v) is 14.7. The fraction of sp³-hybridized carbons (Fsp3) is 0.667. The summed E-state index contributed by atoms with van der Waals surface area (Å²) in [5.41, 5.74) is 0.365. The summed E-state index contributed by atoms with van der Waals surface area (Å²) in [5, 5.41) is 8.87. The maximum absolute atomic E-state index is 12.2. The molecule has 4 aliphatic rings. The molecule has 1 aromatic heterocycles. The molecule has 3 amide bonds. The molecule has 4 aliphatic carbocycles. The molecule has 140 valence electrons. The lowest BCUT2D eigenvalue weighted by molar-refractivity contribution is -0.123. The van der Waals surface area contributed by atoms with Crippen molar-refractivity contribution in [2.45, 2.75) is 51.0 Å². The number of aryl methyl sites for hydroxylation is 1. The van der Waals surface area contributed by atoms with Crippen molar-refractivity contribution >= 4 is 17.9 Å². The zero-order chi connectivity index (χ0) is 18.3. The van der Waals surface area contributed by atoms with E-state index in [1.165, 1.54) is 25.3 Å². The van der Waals surface area contributed by atoms with Crippen molar-refractivity contribution < 1.29 is 23.6 Å². The van der Waals surface area contributed by atoms with E-state index < -0.39 is 24.5 Å². The van der Waals surface area contributed by atoms with Crippen molar-refractivity contribution in [1.82, 2.24) is 15.8 Å². The molecular weight excluding hydrogens is 338 g/mol. The van der Waals surface area contributed by atoms with Crippen LogP contribution in [0.3, 0.4) is 0 Å². The van der Waals surface area contributed by atoms with Crippen LogP contribution in [-0.2, 0) is 9.53 Å². The molecule has 0 saturated heterocycles. The Morgan fingerprint density at radius 1 is 1.19 bits per heavy atom. The van der Waals surface area contributed by atoms with E-state index in [9.17, 15) is 14.4 Å². The third-order valence-electron chi connectivity index (χ3n) is 5.83. The predicted octanol–water partition coefficient (Wildman–Crippen LogP) is 1.93. The Hall–Kier alpha value is -2.38. The molecule has 4 fully saturated rings. The van der Waals surface area contributed by atoms with Crippen molar-refractivity contribution in [3.63, 3.8) is 0 Å². The van der Waals surface area contributed by atoms with Crippen LogP contribution in [0.15, 0.2) is 10.6 Å². The van der Waals surface area contributed by atoms with E-state index in [0.29, 0.717) is 23.4 Å².